The summed E-state index contributed by atoms with van der Waals surface area (Å²) in [5.41, 5.74) is 8.04. The van der Waals surface area contributed by atoms with E-state index in [-0.39, 0.29) is 17.6 Å². The first-order valence-electron chi connectivity index (χ1n) is 10.5. The topological polar surface area (TPSA) is 119 Å². The summed E-state index contributed by atoms with van der Waals surface area (Å²) >= 11 is 0. The van der Waals surface area contributed by atoms with Gasteiger partial charge in [0, 0.05) is 12.1 Å². The monoisotopic (exact) mass is 448 g/mol. The van der Waals surface area contributed by atoms with E-state index >= 15 is 0 Å². The second-order valence-electron chi connectivity index (χ2n) is 7.82. The number of nitrogen functional groups attached to an aromatic ring is 1. The molecule has 2 aromatic heterocycles. The first kappa shape index (κ1) is 20.7. The van der Waals surface area contributed by atoms with Gasteiger partial charge in [0.25, 0.3) is 0 Å². The third-order valence-electron chi connectivity index (χ3n) is 5.76. The fraction of sp³-hybridized carbons (Fsp3) is 0.217. The lowest BCUT2D eigenvalue weighted by Gasteiger charge is -2.21. The molecular formula is C23H21FN6O3. The number of carbonyl (C=O) groups is 1. The van der Waals surface area contributed by atoms with E-state index in [1.165, 1.54) is 17.3 Å². The van der Waals surface area contributed by atoms with E-state index in [9.17, 15) is 14.3 Å². The van der Waals surface area contributed by atoms with Gasteiger partial charge in [0.05, 0.1) is 18.0 Å². The summed E-state index contributed by atoms with van der Waals surface area (Å²) in [6.45, 7) is 0.875. The van der Waals surface area contributed by atoms with Crippen molar-refractivity contribution in [2.24, 2.45) is 0 Å². The average Bonchev–Trinajstić information content (AvgIpc) is 3.42. The molecule has 0 spiro atoms. The summed E-state index contributed by atoms with van der Waals surface area (Å²) in [6.07, 6.45) is 2.00. The number of rotatable bonds is 5. The van der Waals surface area contributed by atoms with Crippen LogP contribution in [-0.2, 0) is 6.54 Å². The zero-order chi connectivity index (χ0) is 22.9. The molecule has 2 aromatic carbocycles. The predicted molar refractivity (Wildman–Crippen MR) is 119 cm³/mol. The van der Waals surface area contributed by atoms with Gasteiger partial charge in [-0.25, -0.2) is 23.8 Å². The standard InChI is InChI=1S/C23H21FN6O3/c24-17-5-1-2-6-18(17)33-16-9-7-14(8-10-16)20-19-21(25)26-13-27-22(19)30(28-20)12-15-4-3-11-29(15)23(31)32/h1-2,5-10,13,15H,3-4,11-12H2,(H,31,32)(H2,25,26,27)/t15-/m0/s1. The van der Waals surface area contributed by atoms with Crippen LogP contribution >= 0.6 is 0 Å². The minimum absolute atomic E-state index is 0.136. The van der Waals surface area contributed by atoms with Gasteiger partial charge < -0.3 is 20.5 Å². The molecule has 3 heterocycles. The number of para-hydroxylation sites is 1. The first-order chi connectivity index (χ1) is 16.0. The molecule has 1 fully saturated rings. The number of hydrogen-bond donors (Lipinski definition) is 2. The van der Waals surface area contributed by atoms with Crippen LogP contribution in [0.5, 0.6) is 11.5 Å². The van der Waals surface area contributed by atoms with E-state index < -0.39 is 11.9 Å². The Morgan fingerprint density at radius 1 is 1.18 bits per heavy atom. The van der Waals surface area contributed by atoms with Crippen LogP contribution in [0.15, 0.2) is 54.9 Å². The molecule has 0 radical (unpaired) electrons. The summed E-state index contributed by atoms with van der Waals surface area (Å²) in [7, 11) is 0. The molecule has 5 rings (SSSR count). The van der Waals surface area contributed by atoms with Crippen LogP contribution in [0.3, 0.4) is 0 Å². The second kappa shape index (κ2) is 8.38. The Bertz CT molecular complexity index is 1320. The van der Waals surface area contributed by atoms with E-state index in [2.05, 4.69) is 9.97 Å². The normalized spacial score (nSPS) is 15.8. The van der Waals surface area contributed by atoms with Crippen molar-refractivity contribution in [1.29, 1.82) is 0 Å². The zero-order valence-corrected chi connectivity index (χ0v) is 17.6. The highest BCUT2D eigenvalue weighted by Crippen LogP contribution is 2.33. The summed E-state index contributed by atoms with van der Waals surface area (Å²) < 4.78 is 21.2. The summed E-state index contributed by atoms with van der Waals surface area (Å²) in [4.78, 5) is 21.5. The minimum Gasteiger partial charge on any atom is -0.465 e. The molecule has 4 aromatic rings. The van der Waals surface area contributed by atoms with Crippen LogP contribution in [0.4, 0.5) is 15.0 Å². The van der Waals surface area contributed by atoms with E-state index in [1.54, 1.807) is 47.1 Å². The van der Waals surface area contributed by atoms with Crippen molar-refractivity contribution >= 4 is 22.9 Å². The summed E-state index contributed by atoms with van der Waals surface area (Å²) in [5.74, 6) is 0.449. The molecular weight excluding hydrogens is 427 g/mol. The summed E-state index contributed by atoms with van der Waals surface area (Å²) in [6, 6.07) is 13.0. The Morgan fingerprint density at radius 3 is 2.73 bits per heavy atom. The van der Waals surface area contributed by atoms with Gasteiger partial charge in [-0.05, 0) is 49.2 Å². The van der Waals surface area contributed by atoms with Gasteiger partial charge in [-0.1, -0.05) is 12.1 Å². The SMILES string of the molecule is Nc1ncnc2c1c(-c1ccc(Oc3ccccc3F)cc1)nn2C[C@@H]1CCCN1C(=O)O. The van der Waals surface area contributed by atoms with Crippen molar-refractivity contribution in [3.63, 3.8) is 0 Å². The number of carboxylic acid groups (broad SMARTS) is 1. The van der Waals surface area contributed by atoms with E-state index in [0.717, 1.165) is 18.4 Å². The fourth-order valence-corrected chi connectivity index (χ4v) is 4.17. The first-order valence-corrected chi connectivity index (χ1v) is 10.5. The number of benzene rings is 2. The van der Waals surface area contributed by atoms with Crippen LogP contribution in [0.2, 0.25) is 0 Å². The second-order valence-corrected chi connectivity index (χ2v) is 7.82. The maximum atomic E-state index is 13.9. The molecule has 33 heavy (non-hydrogen) atoms. The molecule has 1 aliphatic heterocycles. The van der Waals surface area contributed by atoms with Gasteiger partial charge in [-0.2, -0.15) is 5.10 Å². The molecule has 168 valence electrons. The molecule has 1 atom stereocenters. The molecule has 1 saturated heterocycles. The number of nitrogens with two attached hydrogens (primary N) is 1. The number of amides is 1. The van der Waals surface area contributed by atoms with E-state index in [1.807, 2.05) is 0 Å². The Morgan fingerprint density at radius 2 is 1.97 bits per heavy atom. The van der Waals surface area contributed by atoms with Gasteiger partial charge in [0.15, 0.2) is 17.2 Å². The Balaban J connectivity index is 1.48. The molecule has 3 N–H and O–H groups in total. The fourth-order valence-electron chi connectivity index (χ4n) is 4.17. The number of aromatic nitrogens is 4. The van der Waals surface area contributed by atoms with Crippen molar-refractivity contribution in [3.05, 3.63) is 60.7 Å². The quantitative estimate of drug-likeness (QED) is 0.471. The molecule has 1 amide bonds. The lowest BCUT2D eigenvalue weighted by atomic mass is 10.1. The molecule has 9 nitrogen and oxygen atoms in total. The highest BCUT2D eigenvalue weighted by atomic mass is 19.1. The van der Waals surface area contributed by atoms with Gasteiger partial charge in [-0.15, -0.1) is 0 Å². The third-order valence-corrected chi connectivity index (χ3v) is 5.76. The molecule has 0 saturated carbocycles. The van der Waals surface area contributed by atoms with Crippen LogP contribution < -0.4 is 10.5 Å². The lowest BCUT2D eigenvalue weighted by molar-refractivity contribution is 0.135. The maximum Gasteiger partial charge on any atom is 0.407 e. The molecule has 0 bridgehead atoms. The van der Waals surface area contributed by atoms with Crippen LogP contribution in [-0.4, -0.2) is 48.4 Å². The van der Waals surface area contributed by atoms with Gasteiger partial charge in [-0.3, -0.25) is 0 Å². The number of ether oxygens (including phenoxy) is 1. The third kappa shape index (κ3) is 3.91. The van der Waals surface area contributed by atoms with Crippen molar-refractivity contribution in [2.45, 2.75) is 25.4 Å². The van der Waals surface area contributed by atoms with E-state index in [0.29, 0.717) is 35.6 Å². The minimum atomic E-state index is -0.936. The number of likely N-dealkylation sites (tertiary alicyclic amines) is 1. The van der Waals surface area contributed by atoms with Gasteiger partial charge >= 0.3 is 6.09 Å². The molecule has 10 heteroatoms. The Hall–Kier alpha value is -4.21. The highest BCUT2D eigenvalue weighted by molar-refractivity contribution is 5.98. The molecule has 1 aliphatic rings. The van der Waals surface area contributed by atoms with Crippen LogP contribution in [0, 0.1) is 5.82 Å². The van der Waals surface area contributed by atoms with Crippen molar-refractivity contribution in [1.82, 2.24) is 24.6 Å². The van der Waals surface area contributed by atoms with Crippen molar-refractivity contribution in [3.8, 4) is 22.8 Å². The van der Waals surface area contributed by atoms with Crippen molar-refractivity contribution < 1.29 is 19.0 Å². The number of nitrogens with zero attached hydrogens (tertiary/aromatic N) is 5. The van der Waals surface area contributed by atoms with Crippen LogP contribution in [0.1, 0.15) is 12.8 Å². The van der Waals surface area contributed by atoms with Crippen molar-refractivity contribution in [2.75, 3.05) is 12.3 Å². The Labute approximate surface area is 188 Å². The average molecular weight is 448 g/mol. The number of hydrogen-bond acceptors (Lipinski definition) is 6. The molecule has 0 aliphatic carbocycles. The summed E-state index contributed by atoms with van der Waals surface area (Å²) in [5, 5.41) is 14.8. The smallest absolute Gasteiger partial charge is 0.407 e. The number of halogens is 1. The molecule has 0 unspecified atom stereocenters. The highest BCUT2D eigenvalue weighted by Gasteiger charge is 2.30. The van der Waals surface area contributed by atoms with Gasteiger partial charge in [0.2, 0.25) is 0 Å². The lowest BCUT2D eigenvalue weighted by Crippen LogP contribution is -2.37. The van der Waals surface area contributed by atoms with Crippen LogP contribution in [0.25, 0.3) is 22.3 Å². The number of fused-ring (bicyclic) bond motifs is 1. The largest absolute Gasteiger partial charge is 0.465 e. The number of anilines is 1. The predicted octanol–water partition coefficient (Wildman–Crippen LogP) is 4.15. The van der Waals surface area contributed by atoms with E-state index in [4.69, 9.17) is 15.6 Å². The maximum absolute atomic E-state index is 13.9. The van der Waals surface area contributed by atoms with Gasteiger partial charge in [0.1, 0.15) is 23.6 Å². The zero-order valence-electron chi connectivity index (χ0n) is 17.6. The Kier molecular flexibility index (Phi) is 5.25.